The molecular formula is C23H23BrClN3O2. The third-order valence-electron chi connectivity index (χ3n) is 6.28. The monoisotopic (exact) mass is 487 g/mol. The maximum absolute atomic E-state index is 12.6. The summed E-state index contributed by atoms with van der Waals surface area (Å²) in [4.78, 5) is 24.4. The topological polar surface area (TPSA) is 59.2 Å². The fourth-order valence-electron chi connectivity index (χ4n) is 4.62. The van der Waals surface area contributed by atoms with E-state index in [0.29, 0.717) is 35.2 Å². The van der Waals surface area contributed by atoms with Crippen molar-refractivity contribution in [2.45, 2.75) is 57.5 Å². The van der Waals surface area contributed by atoms with Crippen LogP contribution in [0.1, 0.15) is 60.7 Å². The number of benzene rings is 1. The summed E-state index contributed by atoms with van der Waals surface area (Å²) >= 11 is 10.1. The Labute approximate surface area is 188 Å². The van der Waals surface area contributed by atoms with Gasteiger partial charge < -0.3 is 4.42 Å². The van der Waals surface area contributed by atoms with Gasteiger partial charge in [-0.05, 0) is 31.0 Å². The van der Waals surface area contributed by atoms with E-state index in [-0.39, 0.29) is 5.63 Å². The SMILES string of the molecule is O=c1oc2ccc(Br)cc2c(Cl)c1CN1CCc2nc(C3CCCCC3)ncc2C1. The summed E-state index contributed by atoms with van der Waals surface area (Å²) in [7, 11) is 0. The Kier molecular flexibility index (Phi) is 5.65. The first kappa shape index (κ1) is 20.2. The molecule has 0 bridgehead atoms. The molecule has 156 valence electrons. The molecular weight excluding hydrogens is 466 g/mol. The molecule has 0 N–H and O–H groups in total. The van der Waals surface area contributed by atoms with Crippen LogP contribution in [0.2, 0.25) is 5.02 Å². The molecule has 2 aliphatic rings. The van der Waals surface area contributed by atoms with Crippen LogP contribution in [0.4, 0.5) is 0 Å². The van der Waals surface area contributed by atoms with Crippen LogP contribution in [0.25, 0.3) is 11.0 Å². The van der Waals surface area contributed by atoms with Crippen LogP contribution in [-0.4, -0.2) is 21.4 Å². The molecule has 1 fully saturated rings. The van der Waals surface area contributed by atoms with E-state index in [0.717, 1.165) is 39.9 Å². The first-order valence-corrected chi connectivity index (χ1v) is 11.7. The second-order valence-electron chi connectivity index (χ2n) is 8.32. The van der Waals surface area contributed by atoms with Crippen LogP contribution in [-0.2, 0) is 19.5 Å². The smallest absolute Gasteiger partial charge is 0.342 e. The van der Waals surface area contributed by atoms with E-state index >= 15 is 0 Å². The largest absolute Gasteiger partial charge is 0.422 e. The summed E-state index contributed by atoms with van der Waals surface area (Å²) in [5.41, 5.74) is 2.94. The highest BCUT2D eigenvalue weighted by atomic mass is 79.9. The van der Waals surface area contributed by atoms with Crippen molar-refractivity contribution in [3.63, 3.8) is 0 Å². The van der Waals surface area contributed by atoms with Crippen molar-refractivity contribution in [3.05, 3.63) is 67.0 Å². The highest BCUT2D eigenvalue weighted by Crippen LogP contribution is 2.32. The predicted molar refractivity (Wildman–Crippen MR) is 121 cm³/mol. The van der Waals surface area contributed by atoms with Gasteiger partial charge in [-0.1, -0.05) is 46.8 Å². The van der Waals surface area contributed by atoms with Crippen molar-refractivity contribution < 1.29 is 4.42 Å². The number of halogens is 2. The van der Waals surface area contributed by atoms with Gasteiger partial charge in [0.25, 0.3) is 0 Å². The lowest BCUT2D eigenvalue weighted by Crippen LogP contribution is -2.33. The van der Waals surface area contributed by atoms with Crippen LogP contribution >= 0.6 is 27.5 Å². The van der Waals surface area contributed by atoms with E-state index in [1.165, 1.54) is 32.1 Å². The lowest BCUT2D eigenvalue weighted by atomic mass is 9.88. The highest BCUT2D eigenvalue weighted by Gasteiger charge is 2.24. The molecule has 0 unspecified atom stereocenters. The summed E-state index contributed by atoms with van der Waals surface area (Å²) in [5.74, 6) is 1.54. The van der Waals surface area contributed by atoms with E-state index in [2.05, 4.69) is 20.8 Å². The van der Waals surface area contributed by atoms with Gasteiger partial charge in [-0.25, -0.2) is 14.8 Å². The minimum atomic E-state index is -0.371. The third kappa shape index (κ3) is 3.93. The van der Waals surface area contributed by atoms with Gasteiger partial charge in [-0.15, -0.1) is 0 Å². The van der Waals surface area contributed by atoms with Crippen molar-refractivity contribution in [3.8, 4) is 0 Å². The Hall–Kier alpha value is -1.76. The molecule has 2 aromatic heterocycles. The lowest BCUT2D eigenvalue weighted by molar-refractivity contribution is 0.239. The lowest BCUT2D eigenvalue weighted by Gasteiger charge is -2.29. The number of hydrogen-bond donors (Lipinski definition) is 0. The van der Waals surface area contributed by atoms with E-state index in [1.54, 1.807) is 6.07 Å². The quantitative estimate of drug-likeness (QED) is 0.449. The molecule has 1 aromatic carbocycles. The molecule has 0 saturated heterocycles. The average molecular weight is 489 g/mol. The van der Waals surface area contributed by atoms with Crippen LogP contribution in [0, 0.1) is 0 Å². The number of fused-ring (bicyclic) bond motifs is 2. The summed E-state index contributed by atoms with van der Waals surface area (Å²) in [5, 5.41) is 1.22. The zero-order valence-corrected chi connectivity index (χ0v) is 19.0. The second kappa shape index (κ2) is 8.40. The van der Waals surface area contributed by atoms with Crippen molar-refractivity contribution >= 4 is 38.5 Å². The standard InChI is InChI=1S/C23H23BrClN3O2/c24-16-6-7-20-17(10-16)21(25)18(23(29)30-20)13-28-9-8-19-15(12-28)11-26-22(27-19)14-4-2-1-3-5-14/h6-7,10-11,14H,1-5,8-9,12-13H2. The van der Waals surface area contributed by atoms with Crippen molar-refractivity contribution in [2.75, 3.05) is 6.54 Å². The Morgan fingerprint density at radius 3 is 2.90 bits per heavy atom. The van der Waals surface area contributed by atoms with Gasteiger partial charge in [0.2, 0.25) is 0 Å². The maximum atomic E-state index is 12.6. The summed E-state index contributed by atoms with van der Waals surface area (Å²) < 4.78 is 6.41. The van der Waals surface area contributed by atoms with E-state index in [4.69, 9.17) is 26.0 Å². The molecule has 1 saturated carbocycles. The van der Waals surface area contributed by atoms with Gasteiger partial charge in [0, 0.05) is 59.3 Å². The molecule has 3 heterocycles. The van der Waals surface area contributed by atoms with E-state index in [9.17, 15) is 4.79 Å². The van der Waals surface area contributed by atoms with Gasteiger partial charge in [-0.2, -0.15) is 0 Å². The van der Waals surface area contributed by atoms with Crippen LogP contribution in [0.5, 0.6) is 0 Å². The van der Waals surface area contributed by atoms with Crippen molar-refractivity contribution in [1.29, 1.82) is 0 Å². The maximum Gasteiger partial charge on any atom is 0.342 e. The number of rotatable bonds is 3. The first-order chi connectivity index (χ1) is 14.6. The van der Waals surface area contributed by atoms with Crippen LogP contribution < -0.4 is 5.63 Å². The predicted octanol–water partition coefficient (Wildman–Crippen LogP) is 5.60. The Morgan fingerprint density at radius 1 is 1.23 bits per heavy atom. The Balaban J connectivity index is 1.37. The highest BCUT2D eigenvalue weighted by molar-refractivity contribution is 9.10. The van der Waals surface area contributed by atoms with E-state index < -0.39 is 0 Å². The normalized spacial score (nSPS) is 17.9. The fourth-order valence-corrected chi connectivity index (χ4v) is 5.26. The molecule has 5 rings (SSSR count). The molecule has 0 spiro atoms. The molecule has 0 radical (unpaired) electrons. The number of nitrogens with zero attached hydrogens (tertiary/aromatic N) is 3. The first-order valence-electron chi connectivity index (χ1n) is 10.6. The van der Waals surface area contributed by atoms with Gasteiger partial charge >= 0.3 is 5.63 Å². The Bertz CT molecular complexity index is 1160. The van der Waals surface area contributed by atoms with Crippen molar-refractivity contribution in [2.24, 2.45) is 0 Å². The van der Waals surface area contributed by atoms with Gasteiger partial charge in [0.05, 0.1) is 10.6 Å². The zero-order chi connectivity index (χ0) is 20.7. The third-order valence-corrected chi connectivity index (χ3v) is 7.20. The molecule has 7 heteroatoms. The zero-order valence-electron chi connectivity index (χ0n) is 16.7. The van der Waals surface area contributed by atoms with Gasteiger partial charge in [0.15, 0.2) is 0 Å². The minimum absolute atomic E-state index is 0.371. The molecule has 3 aromatic rings. The second-order valence-corrected chi connectivity index (χ2v) is 9.61. The van der Waals surface area contributed by atoms with Crippen molar-refractivity contribution in [1.82, 2.24) is 14.9 Å². The molecule has 0 amide bonds. The van der Waals surface area contributed by atoms with Crippen LogP contribution in [0.3, 0.4) is 0 Å². The molecule has 5 nitrogen and oxygen atoms in total. The average Bonchev–Trinajstić information content (AvgIpc) is 2.77. The summed E-state index contributed by atoms with van der Waals surface area (Å²) in [6.45, 7) is 2.00. The van der Waals surface area contributed by atoms with Crippen LogP contribution in [0.15, 0.2) is 38.1 Å². The van der Waals surface area contributed by atoms with Gasteiger partial charge in [-0.3, -0.25) is 4.90 Å². The summed E-state index contributed by atoms with van der Waals surface area (Å²) in [6.07, 6.45) is 9.15. The minimum Gasteiger partial charge on any atom is -0.422 e. The molecule has 30 heavy (non-hydrogen) atoms. The van der Waals surface area contributed by atoms with Gasteiger partial charge in [0.1, 0.15) is 11.4 Å². The Morgan fingerprint density at radius 2 is 2.07 bits per heavy atom. The number of aromatic nitrogens is 2. The summed E-state index contributed by atoms with van der Waals surface area (Å²) in [6, 6.07) is 5.48. The molecule has 1 aliphatic carbocycles. The molecule has 0 atom stereocenters. The molecule has 1 aliphatic heterocycles. The fraction of sp³-hybridized carbons (Fsp3) is 0.435. The number of hydrogen-bond acceptors (Lipinski definition) is 5. The van der Waals surface area contributed by atoms with E-state index in [1.807, 2.05) is 18.3 Å².